The van der Waals surface area contributed by atoms with Gasteiger partial charge in [0.1, 0.15) is 11.6 Å². The third kappa shape index (κ3) is 2.67. The van der Waals surface area contributed by atoms with E-state index in [1.807, 2.05) is 0 Å². The third-order valence-corrected chi connectivity index (χ3v) is 2.86. The van der Waals surface area contributed by atoms with Gasteiger partial charge in [0.2, 0.25) is 0 Å². The van der Waals surface area contributed by atoms with E-state index in [0.717, 1.165) is 0 Å². The summed E-state index contributed by atoms with van der Waals surface area (Å²) in [5.41, 5.74) is 3.33. The predicted octanol–water partition coefficient (Wildman–Crippen LogP) is 3.17. The van der Waals surface area contributed by atoms with Crippen molar-refractivity contribution >= 4 is 11.6 Å². The lowest BCUT2D eigenvalue weighted by Gasteiger charge is -2.17. The van der Waals surface area contributed by atoms with E-state index in [0.29, 0.717) is 16.1 Å². The van der Waals surface area contributed by atoms with Crippen molar-refractivity contribution in [3.05, 3.63) is 70.2 Å². The van der Waals surface area contributed by atoms with Gasteiger partial charge >= 0.3 is 0 Å². The van der Waals surface area contributed by atoms with Crippen LogP contribution in [0.2, 0.25) is 5.02 Å². The molecule has 0 amide bonds. The second-order valence-electron chi connectivity index (χ2n) is 3.82. The molecule has 0 spiro atoms. The zero-order valence-corrected chi connectivity index (χ0v) is 10.1. The van der Waals surface area contributed by atoms with Crippen LogP contribution in [0.4, 0.5) is 8.78 Å². The number of halogens is 3. The molecule has 0 aliphatic heterocycles. The van der Waals surface area contributed by atoms with Crippen LogP contribution < -0.4 is 11.3 Å². The Morgan fingerprint density at radius 3 is 2.50 bits per heavy atom. The largest absolute Gasteiger partial charge is 0.271 e. The van der Waals surface area contributed by atoms with Gasteiger partial charge in [0, 0.05) is 10.6 Å². The highest BCUT2D eigenvalue weighted by molar-refractivity contribution is 6.30. The molecular weight excluding hydrogens is 258 g/mol. The van der Waals surface area contributed by atoms with Gasteiger partial charge in [0.25, 0.3) is 0 Å². The average Bonchev–Trinajstić information content (AvgIpc) is 2.33. The molecule has 2 aromatic rings. The number of hydrogen-bond acceptors (Lipinski definition) is 2. The van der Waals surface area contributed by atoms with E-state index in [-0.39, 0.29) is 0 Å². The SMILES string of the molecule is NNC(c1cccc(F)c1)c1ccc(Cl)cc1F. The number of nitrogens with one attached hydrogen (secondary N) is 1. The first kappa shape index (κ1) is 13.0. The second kappa shape index (κ2) is 5.44. The van der Waals surface area contributed by atoms with Crippen molar-refractivity contribution in [3.63, 3.8) is 0 Å². The van der Waals surface area contributed by atoms with Crippen LogP contribution >= 0.6 is 11.6 Å². The number of hydrazine groups is 1. The van der Waals surface area contributed by atoms with Crippen LogP contribution in [0.5, 0.6) is 0 Å². The maximum atomic E-state index is 13.8. The molecule has 0 radical (unpaired) electrons. The fraction of sp³-hybridized carbons (Fsp3) is 0.0769. The van der Waals surface area contributed by atoms with Gasteiger partial charge in [-0.15, -0.1) is 0 Å². The molecule has 5 heteroatoms. The molecule has 2 rings (SSSR count). The lowest BCUT2D eigenvalue weighted by molar-refractivity contribution is 0.556. The van der Waals surface area contributed by atoms with Crippen LogP contribution in [0.3, 0.4) is 0 Å². The minimum Gasteiger partial charge on any atom is -0.271 e. The molecule has 0 aliphatic carbocycles. The summed E-state index contributed by atoms with van der Waals surface area (Å²) < 4.78 is 27.0. The van der Waals surface area contributed by atoms with E-state index in [1.165, 1.54) is 24.3 Å². The summed E-state index contributed by atoms with van der Waals surface area (Å²) in [6, 6.07) is 9.48. The van der Waals surface area contributed by atoms with Gasteiger partial charge in [-0.25, -0.2) is 14.2 Å². The zero-order valence-electron chi connectivity index (χ0n) is 9.33. The molecule has 0 heterocycles. The van der Waals surface area contributed by atoms with Crippen molar-refractivity contribution in [2.24, 2.45) is 5.84 Å². The Morgan fingerprint density at radius 1 is 1.11 bits per heavy atom. The first-order valence-corrected chi connectivity index (χ1v) is 5.66. The van der Waals surface area contributed by atoms with Crippen molar-refractivity contribution in [3.8, 4) is 0 Å². The van der Waals surface area contributed by atoms with E-state index in [4.69, 9.17) is 17.4 Å². The smallest absolute Gasteiger partial charge is 0.129 e. The van der Waals surface area contributed by atoms with Gasteiger partial charge in [0.05, 0.1) is 6.04 Å². The van der Waals surface area contributed by atoms with Crippen LogP contribution in [-0.4, -0.2) is 0 Å². The molecule has 0 saturated carbocycles. The zero-order chi connectivity index (χ0) is 13.1. The Bertz CT molecular complexity index is 560. The summed E-state index contributed by atoms with van der Waals surface area (Å²) in [5.74, 6) is 4.53. The Labute approximate surface area is 108 Å². The van der Waals surface area contributed by atoms with Crippen LogP contribution in [-0.2, 0) is 0 Å². The van der Waals surface area contributed by atoms with Crippen molar-refractivity contribution in [1.29, 1.82) is 0 Å². The van der Waals surface area contributed by atoms with E-state index >= 15 is 0 Å². The number of nitrogens with two attached hydrogens (primary N) is 1. The van der Waals surface area contributed by atoms with Crippen LogP contribution in [0.25, 0.3) is 0 Å². The summed E-state index contributed by atoms with van der Waals surface area (Å²) in [6.07, 6.45) is 0. The van der Waals surface area contributed by atoms with Crippen molar-refractivity contribution in [2.75, 3.05) is 0 Å². The summed E-state index contributed by atoms with van der Waals surface area (Å²) >= 11 is 5.68. The van der Waals surface area contributed by atoms with E-state index in [9.17, 15) is 8.78 Å². The molecule has 18 heavy (non-hydrogen) atoms. The molecule has 0 saturated heterocycles. The van der Waals surface area contributed by atoms with Crippen molar-refractivity contribution in [2.45, 2.75) is 6.04 Å². The second-order valence-corrected chi connectivity index (χ2v) is 4.26. The topological polar surface area (TPSA) is 38.0 Å². The van der Waals surface area contributed by atoms with Gasteiger partial charge in [0.15, 0.2) is 0 Å². The minimum atomic E-state index is -0.627. The van der Waals surface area contributed by atoms with Crippen LogP contribution in [0.1, 0.15) is 17.2 Å². The van der Waals surface area contributed by atoms with Gasteiger partial charge in [-0.1, -0.05) is 29.8 Å². The fourth-order valence-corrected chi connectivity index (χ4v) is 1.95. The standard InChI is InChI=1S/C13H11ClF2N2/c14-9-4-5-11(12(16)7-9)13(18-17)8-2-1-3-10(15)6-8/h1-7,13,18H,17H2. The van der Waals surface area contributed by atoms with Crippen molar-refractivity contribution in [1.82, 2.24) is 5.43 Å². The van der Waals surface area contributed by atoms with Crippen molar-refractivity contribution < 1.29 is 8.78 Å². The van der Waals surface area contributed by atoms with E-state index in [2.05, 4.69) is 5.43 Å². The lowest BCUT2D eigenvalue weighted by Crippen LogP contribution is -2.29. The maximum Gasteiger partial charge on any atom is 0.129 e. The summed E-state index contributed by atoms with van der Waals surface area (Å²) in [6.45, 7) is 0. The predicted molar refractivity (Wildman–Crippen MR) is 67.0 cm³/mol. The molecule has 3 N–H and O–H groups in total. The Hall–Kier alpha value is -1.49. The molecule has 0 fully saturated rings. The molecular formula is C13H11ClF2N2. The number of benzene rings is 2. The lowest BCUT2D eigenvalue weighted by atomic mass is 9.99. The highest BCUT2D eigenvalue weighted by atomic mass is 35.5. The molecule has 2 nitrogen and oxygen atoms in total. The minimum absolute atomic E-state index is 0.297. The highest BCUT2D eigenvalue weighted by Crippen LogP contribution is 2.26. The summed E-state index contributed by atoms with van der Waals surface area (Å²) in [7, 11) is 0. The number of hydrogen-bond donors (Lipinski definition) is 2. The third-order valence-electron chi connectivity index (χ3n) is 2.62. The summed E-state index contributed by atoms with van der Waals surface area (Å²) in [4.78, 5) is 0. The Kier molecular flexibility index (Phi) is 3.91. The van der Waals surface area contributed by atoms with E-state index < -0.39 is 17.7 Å². The number of rotatable bonds is 3. The molecule has 0 bridgehead atoms. The maximum absolute atomic E-state index is 13.8. The average molecular weight is 269 g/mol. The highest BCUT2D eigenvalue weighted by Gasteiger charge is 2.17. The van der Waals surface area contributed by atoms with Gasteiger partial charge in [-0.05, 0) is 29.8 Å². The monoisotopic (exact) mass is 268 g/mol. The van der Waals surface area contributed by atoms with Gasteiger partial charge in [-0.3, -0.25) is 5.84 Å². The molecule has 0 aliphatic rings. The Balaban J connectivity index is 2.45. The fourth-order valence-electron chi connectivity index (χ4n) is 1.79. The Morgan fingerprint density at radius 2 is 1.89 bits per heavy atom. The van der Waals surface area contributed by atoms with E-state index in [1.54, 1.807) is 18.2 Å². The first-order chi connectivity index (χ1) is 8.61. The molecule has 2 aromatic carbocycles. The molecule has 0 aromatic heterocycles. The molecule has 94 valence electrons. The van der Waals surface area contributed by atoms with Crippen LogP contribution in [0, 0.1) is 11.6 Å². The molecule has 1 unspecified atom stereocenters. The van der Waals surface area contributed by atoms with Gasteiger partial charge in [-0.2, -0.15) is 0 Å². The molecule has 1 atom stereocenters. The summed E-state index contributed by atoms with van der Waals surface area (Å²) in [5, 5.41) is 0.297. The first-order valence-electron chi connectivity index (χ1n) is 5.28. The normalized spacial score (nSPS) is 12.4. The van der Waals surface area contributed by atoms with Gasteiger partial charge < -0.3 is 0 Å². The van der Waals surface area contributed by atoms with Crippen LogP contribution in [0.15, 0.2) is 42.5 Å². The quantitative estimate of drug-likeness (QED) is 0.663.